The highest BCUT2D eigenvalue weighted by Gasteiger charge is 2.06. The molecule has 1 aromatic rings. The second-order valence-corrected chi connectivity index (χ2v) is 4.51. The van der Waals surface area contributed by atoms with Crippen molar-refractivity contribution in [1.82, 2.24) is 15.0 Å². The minimum absolute atomic E-state index is 0.329. The summed E-state index contributed by atoms with van der Waals surface area (Å²) in [4.78, 5) is 12.6. The van der Waals surface area contributed by atoms with Gasteiger partial charge in [-0.05, 0) is 18.8 Å². The van der Waals surface area contributed by atoms with Gasteiger partial charge >= 0.3 is 6.01 Å². The summed E-state index contributed by atoms with van der Waals surface area (Å²) in [6.45, 7) is 8.14. The first-order chi connectivity index (χ1) is 8.65. The third-order valence-corrected chi connectivity index (χ3v) is 2.34. The second kappa shape index (κ2) is 7.68. The van der Waals surface area contributed by atoms with E-state index in [0.29, 0.717) is 23.8 Å². The molecule has 18 heavy (non-hydrogen) atoms. The van der Waals surface area contributed by atoms with Crippen molar-refractivity contribution in [3.05, 3.63) is 0 Å². The first kappa shape index (κ1) is 14.5. The molecular formula is C12H23N5O. The van der Waals surface area contributed by atoms with Gasteiger partial charge in [0.1, 0.15) is 0 Å². The highest BCUT2D eigenvalue weighted by Crippen LogP contribution is 2.11. The molecule has 6 heteroatoms. The summed E-state index contributed by atoms with van der Waals surface area (Å²) in [6, 6.07) is 0.329. The summed E-state index contributed by atoms with van der Waals surface area (Å²) in [7, 11) is 1.55. The average molecular weight is 253 g/mol. The van der Waals surface area contributed by atoms with E-state index in [1.807, 2.05) is 0 Å². The Balaban J connectivity index is 2.64. The van der Waals surface area contributed by atoms with E-state index in [4.69, 9.17) is 4.74 Å². The molecule has 1 heterocycles. The van der Waals surface area contributed by atoms with Crippen molar-refractivity contribution < 1.29 is 4.74 Å². The second-order valence-electron chi connectivity index (χ2n) is 4.51. The van der Waals surface area contributed by atoms with Crippen molar-refractivity contribution in [3.8, 4) is 6.01 Å². The van der Waals surface area contributed by atoms with Gasteiger partial charge in [0.2, 0.25) is 11.9 Å². The molecule has 0 radical (unpaired) electrons. The summed E-state index contributed by atoms with van der Waals surface area (Å²) >= 11 is 0. The molecule has 0 aromatic carbocycles. The Labute approximate surface area is 109 Å². The maximum Gasteiger partial charge on any atom is 0.322 e. The van der Waals surface area contributed by atoms with Crippen molar-refractivity contribution in [2.24, 2.45) is 5.92 Å². The van der Waals surface area contributed by atoms with Crippen molar-refractivity contribution in [2.75, 3.05) is 30.8 Å². The maximum atomic E-state index is 5.06. The van der Waals surface area contributed by atoms with E-state index in [0.717, 1.165) is 25.9 Å². The normalized spacial score (nSPS) is 10.5. The van der Waals surface area contributed by atoms with Crippen LogP contribution in [-0.4, -0.2) is 35.2 Å². The van der Waals surface area contributed by atoms with Gasteiger partial charge in [-0.1, -0.05) is 20.8 Å². The molecule has 1 rings (SSSR count). The third kappa shape index (κ3) is 5.16. The Morgan fingerprint density at radius 3 is 2.17 bits per heavy atom. The molecule has 0 aliphatic rings. The van der Waals surface area contributed by atoms with Crippen molar-refractivity contribution in [2.45, 2.75) is 33.6 Å². The predicted molar refractivity (Wildman–Crippen MR) is 73.1 cm³/mol. The largest absolute Gasteiger partial charge is 0.467 e. The first-order valence-electron chi connectivity index (χ1n) is 6.43. The van der Waals surface area contributed by atoms with Gasteiger partial charge in [0.05, 0.1) is 7.11 Å². The lowest BCUT2D eigenvalue weighted by molar-refractivity contribution is 0.379. The molecule has 0 unspecified atom stereocenters. The number of rotatable bonds is 8. The van der Waals surface area contributed by atoms with Gasteiger partial charge in [-0.25, -0.2) is 0 Å². The van der Waals surface area contributed by atoms with Crippen LogP contribution in [0.5, 0.6) is 6.01 Å². The van der Waals surface area contributed by atoms with Crippen LogP contribution in [0, 0.1) is 5.92 Å². The molecule has 0 saturated carbocycles. The standard InChI is InChI=1S/C12H23N5O/c1-5-7-13-10-15-11(14-8-6-9(2)3)17-12(16-10)18-4/h9H,5-8H2,1-4H3,(H2,13,14,15,16,17). The number of ether oxygens (including phenoxy) is 1. The monoisotopic (exact) mass is 253 g/mol. The van der Waals surface area contributed by atoms with Gasteiger partial charge < -0.3 is 15.4 Å². The zero-order chi connectivity index (χ0) is 13.4. The van der Waals surface area contributed by atoms with E-state index < -0.39 is 0 Å². The Morgan fingerprint density at radius 2 is 1.67 bits per heavy atom. The average Bonchev–Trinajstić information content (AvgIpc) is 2.35. The number of nitrogens with one attached hydrogen (secondary N) is 2. The lowest BCUT2D eigenvalue weighted by Crippen LogP contribution is -2.12. The summed E-state index contributed by atoms with van der Waals surface area (Å²) in [5.41, 5.74) is 0. The fourth-order valence-corrected chi connectivity index (χ4v) is 1.32. The quantitative estimate of drug-likeness (QED) is 0.739. The molecule has 0 atom stereocenters. The van der Waals surface area contributed by atoms with E-state index in [1.165, 1.54) is 0 Å². The maximum absolute atomic E-state index is 5.06. The molecule has 0 aliphatic heterocycles. The van der Waals surface area contributed by atoms with Crippen molar-refractivity contribution in [1.29, 1.82) is 0 Å². The minimum Gasteiger partial charge on any atom is -0.467 e. The molecule has 0 spiro atoms. The van der Waals surface area contributed by atoms with Gasteiger partial charge in [-0.2, -0.15) is 15.0 Å². The Bertz CT molecular complexity index is 356. The zero-order valence-electron chi connectivity index (χ0n) is 11.7. The molecule has 0 saturated heterocycles. The SMILES string of the molecule is CCCNc1nc(NCCC(C)C)nc(OC)n1. The molecular weight excluding hydrogens is 230 g/mol. The van der Waals surface area contributed by atoms with E-state index in [1.54, 1.807) is 7.11 Å². The Kier molecular flexibility index (Phi) is 6.18. The van der Waals surface area contributed by atoms with E-state index in [9.17, 15) is 0 Å². The fourth-order valence-electron chi connectivity index (χ4n) is 1.32. The van der Waals surface area contributed by atoms with E-state index in [-0.39, 0.29) is 0 Å². The molecule has 0 bridgehead atoms. The van der Waals surface area contributed by atoms with Crippen LogP contribution in [0.25, 0.3) is 0 Å². The fraction of sp³-hybridized carbons (Fsp3) is 0.750. The molecule has 1 aromatic heterocycles. The number of hydrogen-bond acceptors (Lipinski definition) is 6. The number of nitrogens with zero attached hydrogens (tertiary/aromatic N) is 3. The highest BCUT2D eigenvalue weighted by atomic mass is 16.5. The van der Waals surface area contributed by atoms with Gasteiger partial charge in [0, 0.05) is 13.1 Å². The Morgan fingerprint density at radius 1 is 1.06 bits per heavy atom. The van der Waals surface area contributed by atoms with Gasteiger partial charge in [0.25, 0.3) is 0 Å². The van der Waals surface area contributed by atoms with E-state index >= 15 is 0 Å². The van der Waals surface area contributed by atoms with Crippen molar-refractivity contribution in [3.63, 3.8) is 0 Å². The van der Waals surface area contributed by atoms with Gasteiger partial charge in [-0.15, -0.1) is 0 Å². The van der Waals surface area contributed by atoms with Crippen LogP contribution in [0.15, 0.2) is 0 Å². The number of hydrogen-bond donors (Lipinski definition) is 2. The lowest BCUT2D eigenvalue weighted by Gasteiger charge is -2.09. The van der Waals surface area contributed by atoms with Crippen LogP contribution in [0.1, 0.15) is 33.6 Å². The third-order valence-electron chi connectivity index (χ3n) is 2.34. The highest BCUT2D eigenvalue weighted by molar-refractivity contribution is 5.35. The summed E-state index contributed by atoms with van der Waals surface area (Å²) in [5, 5.41) is 6.31. The number of aromatic nitrogens is 3. The summed E-state index contributed by atoms with van der Waals surface area (Å²) < 4.78 is 5.06. The lowest BCUT2D eigenvalue weighted by atomic mass is 10.1. The summed E-state index contributed by atoms with van der Waals surface area (Å²) in [5.74, 6) is 1.76. The van der Waals surface area contributed by atoms with Crippen LogP contribution in [-0.2, 0) is 0 Å². The van der Waals surface area contributed by atoms with Gasteiger partial charge in [-0.3, -0.25) is 0 Å². The minimum atomic E-state index is 0.329. The molecule has 2 N–H and O–H groups in total. The number of methoxy groups -OCH3 is 1. The van der Waals surface area contributed by atoms with Crippen LogP contribution < -0.4 is 15.4 Å². The van der Waals surface area contributed by atoms with E-state index in [2.05, 4.69) is 46.4 Å². The van der Waals surface area contributed by atoms with Crippen molar-refractivity contribution >= 4 is 11.9 Å². The Hall–Kier alpha value is -1.59. The number of anilines is 2. The molecule has 6 nitrogen and oxygen atoms in total. The van der Waals surface area contributed by atoms with Crippen LogP contribution >= 0.6 is 0 Å². The molecule has 0 aliphatic carbocycles. The molecule has 0 fully saturated rings. The molecule has 102 valence electrons. The van der Waals surface area contributed by atoms with Crippen LogP contribution in [0.3, 0.4) is 0 Å². The predicted octanol–water partition coefficient (Wildman–Crippen LogP) is 2.16. The van der Waals surface area contributed by atoms with Gasteiger partial charge in [0.15, 0.2) is 0 Å². The van der Waals surface area contributed by atoms with Crippen LogP contribution in [0.4, 0.5) is 11.9 Å². The zero-order valence-corrected chi connectivity index (χ0v) is 11.7. The first-order valence-corrected chi connectivity index (χ1v) is 6.43. The molecule has 0 amide bonds. The van der Waals surface area contributed by atoms with Crippen LogP contribution in [0.2, 0.25) is 0 Å². The smallest absolute Gasteiger partial charge is 0.322 e. The topological polar surface area (TPSA) is 72.0 Å². The summed E-state index contributed by atoms with van der Waals surface area (Å²) in [6.07, 6.45) is 2.09.